The number of carbonyl (C=O) groups is 1. The molecule has 0 aliphatic heterocycles. The summed E-state index contributed by atoms with van der Waals surface area (Å²) in [5.41, 5.74) is 1.10. The maximum atomic E-state index is 11.5. The van der Waals surface area contributed by atoms with Crippen LogP contribution in [0.15, 0.2) is 24.3 Å². The lowest BCUT2D eigenvalue weighted by atomic mass is 10.1. The van der Waals surface area contributed by atoms with Gasteiger partial charge >= 0.3 is 0 Å². The zero-order valence-corrected chi connectivity index (χ0v) is 8.54. The first-order valence-electron chi connectivity index (χ1n) is 3.97. The molecule has 0 spiro atoms. The largest absolute Gasteiger partial charge is 0.363 e. The first-order valence-corrected chi connectivity index (χ1v) is 4.48. The van der Waals surface area contributed by atoms with Crippen molar-refractivity contribution in [3.63, 3.8) is 0 Å². The van der Waals surface area contributed by atoms with Crippen molar-refractivity contribution in [2.24, 2.45) is 0 Å². The van der Waals surface area contributed by atoms with E-state index < -0.39 is 5.44 Å². The molecule has 0 bridgehead atoms. The Morgan fingerprint density at radius 2 is 1.92 bits per heavy atom. The number of Topliss-reactive ketones (excluding diaryl/α,β-unsaturated/α-hetero) is 1. The van der Waals surface area contributed by atoms with Crippen molar-refractivity contribution >= 4 is 18.4 Å². The Morgan fingerprint density at radius 3 is 2.38 bits per heavy atom. The first-order chi connectivity index (χ1) is 6.15. The normalized spacial score (nSPS) is 12.5. The third-order valence-corrected chi connectivity index (χ3v) is 2.23. The third kappa shape index (κ3) is 2.57. The van der Waals surface area contributed by atoms with Gasteiger partial charge in [-0.3, -0.25) is 4.79 Å². The van der Waals surface area contributed by atoms with Crippen LogP contribution in [-0.4, -0.2) is 18.3 Å². The first kappa shape index (κ1) is 10.3. The van der Waals surface area contributed by atoms with Gasteiger partial charge in [0.05, 0.1) is 0 Å². The Kier molecular flexibility index (Phi) is 3.51. The molecule has 0 aliphatic carbocycles. The molecule has 13 heavy (non-hydrogen) atoms. The monoisotopic (exact) mass is 196 g/mol. The topological polar surface area (TPSA) is 26.3 Å². The fraction of sp³-hybridized carbons (Fsp3) is 0.300. The molecule has 1 rings (SSSR count). The van der Waals surface area contributed by atoms with Crippen molar-refractivity contribution in [3.8, 4) is 0 Å². The van der Waals surface area contributed by atoms with Gasteiger partial charge in [0.2, 0.25) is 5.78 Å². The lowest BCUT2D eigenvalue weighted by molar-refractivity contribution is 0.0797. The molecule has 0 N–H and O–H groups in total. The highest BCUT2D eigenvalue weighted by Gasteiger charge is 2.14. The molecule has 70 valence electrons. The summed E-state index contributed by atoms with van der Waals surface area (Å²) in [6.07, 6.45) is 0. The minimum atomic E-state index is -0.664. The molecular formula is C10H12O2S. The average Bonchev–Trinajstić information content (AvgIpc) is 2.17. The number of hydrogen-bond donors (Lipinski definition) is 1. The number of carbonyl (C=O) groups excluding carboxylic acids is 1. The van der Waals surface area contributed by atoms with Gasteiger partial charge in [0.25, 0.3) is 0 Å². The molecule has 0 fully saturated rings. The van der Waals surface area contributed by atoms with Gasteiger partial charge < -0.3 is 4.74 Å². The maximum Gasteiger partial charge on any atom is 0.201 e. The van der Waals surface area contributed by atoms with Crippen LogP contribution in [0.1, 0.15) is 15.9 Å². The van der Waals surface area contributed by atoms with Crippen molar-refractivity contribution in [2.75, 3.05) is 7.11 Å². The fourth-order valence-electron chi connectivity index (χ4n) is 0.967. The molecule has 0 aliphatic rings. The molecule has 0 saturated carbocycles. The van der Waals surface area contributed by atoms with Gasteiger partial charge in [0.15, 0.2) is 5.44 Å². The molecule has 1 unspecified atom stereocenters. The van der Waals surface area contributed by atoms with Crippen molar-refractivity contribution in [1.29, 1.82) is 0 Å². The lowest BCUT2D eigenvalue weighted by Crippen LogP contribution is -2.16. The van der Waals surface area contributed by atoms with E-state index in [1.807, 2.05) is 19.1 Å². The zero-order chi connectivity index (χ0) is 9.84. The van der Waals surface area contributed by atoms with E-state index >= 15 is 0 Å². The van der Waals surface area contributed by atoms with Crippen LogP contribution in [0.25, 0.3) is 0 Å². The summed E-state index contributed by atoms with van der Waals surface area (Å²) in [7, 11) is 1.46. The molecule has 0 amide bonds. The number of thiol groups is 1. The number of ether oxygens (including phenoxy) is 1. The van der Waals surface area contributed by atoms with E-state index in [9.17, 15) is 4.79 Å². The highest BCUT2D eigenvalue weighted by Crippen LogP contribution is 2.09. The summed E-state index contributed by atoms with van der Waals surface area (Å²) < 4.78 is 4.81. The van der Waals surface area contributed by atoms with Crippen molar-refractivity contribution in [3.05, 3.63) is 35.4 Å². The molecule has 0 radical (unpaired) electrons. The predicted octanol–water partition coefficient (Wildman–Crippen LogP) is 2.08. The molecule has 1 atom stereocenters. The Labute approximate surface area is 83.3 Å². The van der Waals surface area contributed by atoms with E-state index in [2.05, 4.69) is 12.6 Å². The summed E-state index contributed by atoms with van der Waals surface area (Å²) in [5, 5.41) is 0. The Morgan fingerprint density at radius 1 is 1.38 bits per heavy atom. The van der Waals surface area contributed by atoms with Crippen LogP contribution in [0, 0.1) is 6.92 Å². The van der Waals surface area contributed by atoms with Crippen LogP contribution in [0.2, 0.25) is 0 Å². The van der Waals surface area contributed by atoms with Gasteiger partial charge in [-0.15, -0.1) is 12.6 Å². The van der Waals surface area contributed by atoms with Gasteiger partial charge in [-0.1, -0.05) is 29.8 Å². The summed E-state index contributed by atoms with van der Waals surface area (Å²) in [5.74, 6) is -0.106. The minimum absolute atomic E-state index is 0.106. The molecule has 0 saturated heterocycles. The standard InChI is InChI=1S/C10H12O2S/c1-7-3-5-8(6-4-7)9(11)10(13)12-2/h3-6,10,13H,1-2H3. The number of aryl methyl sites for hydroxylation is 1. The van der Waals surface area contributed by atoms with Crippen LogP contribution >= 0.6 is 12.6 Å². The Hall–Kier alpha value is -0.800. The van der Waals surface area contributed by atoms with E-state index in [4.69, 9.17) is 4.74 Å². The van der Waals surface area contributed by atoms with Gasteiger partial charge in [-0.2, -0.15) is 0 Å². The lowest BCUT2D eigenvalue weighted by Gasteiger charge is -2.06. The highest BCUT2D eigenvalue weighted by molar-refractivity contribution is 7.81. The Balaban J connectivity index is 2.83. The number of methoxy groups -OCH3 is 1. The van der Waals surface area contributed by atoms with Gasteiger partial charge in [0, 0.05) is 12.7 Å². The third-order valence-electron chi connectivity index (χ3n) is 1.78. The molecule has 2 nitrogen and oxygen atoms in total. The summed E-state index contributed by atoms with van der Waals surface area (Å²) in [6, 6.07) is 7.34. The summed E-state index contributed by atoms with van der Waals surface area (Å²) >= 11 is 3.99. The van der Waals surface area contributed by atoms with Crippen molar-refractivity contribution in [1.82, 2.24) is 0 Å². The van der Waals surface area contributed by atoms with Gasteiger partial charge in [-0.05, 0) is 6.92 Å². The number of benzene rings is 1. The zero-order valence-electron chi connectivity index (χ0n) is 7.65. The van der Waals surface area contributed by atoms with Gasteiger partial charge in [0.1, 0.15) is 0 Å². The average molecular weight is 196 g/mol. The van der Waals surface area contributed by atoms with E-state index in [1.165, 1.54) is 7.11 Å². The predicted molar refractivity (Wildman–Crippen MR) is 55.3 cm³/mol. The highest BCUT2D eigenvalue weighted by atomic mass is 32.1. The van der Waals surface area contributed by atoms with Crippen LogP contribution in [0.4, 0.5) is 0 Å². The van der Waals surface area contributed by atoms with E-state index in [0.29, 0.717) is 5.56 Å². The van der Waals surface area contributed by atoms with Crippen LogP contribution in [-0.2, 0) is 4.74 Å². The van der Waals surface area contributed by atoms with E-state index in [-0.39, 0.29) is 5.78 Å². The van der Waals surface area contributed by atoms with E-state index in [0.717, 1.165) is 5.56 Å². The molecular weight excluding hydrogens is 184 g/mol. The second-order valence-corrected chi connectivity index (χ2v) is 3.29. The smallest absolute Gasteiger partial charge is 0.201 e. The quantitative estimate of drug-likeness (QED) is 0.455. The fourth-order valence-corrected chi connectivity index (χ4v) is 1.12. The maximum absolute atomic E-state index is 11.5. The summed E-state index contributed by atoms with van der Waals surface area (Å²) in [6.45, 7) is 1.97. The van der Waals surface area contributed by atoms with E-state index in [1.54, 1.807) is 12.1 Å². The SMILES string of the molecule is COC(S)C(=O)c1ccc(C)cc1. The number of hydrogen-bond acceptors (Lipinski definition) is 3. The second kappa shape index (κ2) is 4.44. The van der Waals surface area contributed by atoms with Gasteiger partial charge in [-0.25, -0.2) is 0 Å². The van der Waals surface area contributed by atoms with Crippen molar-refractivity contribution in [2.45, 2.75) is 12.4 Å². The minimum Gasteiger partial charge on any atom is -0.363 e. The molecule has 1 aromatic carbocycles. The van der Waals surface area contributed by atoms with Crippen LogP contribution < -0.4 is 0 Å². The summed E-state index contributed by atoms with van der Waals surface area (Å²) in [4.78, 5) is 11.5. The number of ketones is 1. The Bertz CT molecular complexity index is 292. The van der Waals surface area contributed by atoms with Crippen LogP contribution in [0.5, 0.6) is 0 Å². The number of rotatable bonds is 3. The molecule has 1 aromatic rings. The molecule has 0 heterocycles. The molecule has 0 aromatic heterocycles. The molecule has 3 heteroatoms. The van der Waals surface area contributed by atoms with Crippen molar-refractivity contribution < 1.29 is 9.53 Å². The second-order valence-electron chi connectivity index (χ2n) is 2.82. The van der Waals surface area contributed by atoms with Crippen LogP contribution in [0.3, 0.4) is 0 Å².